The van der Waals surface area contributed by atoms with Crippen molar-refractivity contribution < 1.29 is 9.90 Å². The lowest BCUT2D eigenvalue weighted by molar-refractivity contribution is -0.141. The molecule has 0 aromatic carbocycles. The van der Waals surface area contributed by atoms with Crippen molar-refractivity contribution in [1.82, 2.24) is 0 Å². The summed E-state index contributed by atoms with van der Waals surface area (Å²) < 4.78 is 0. The molecule has 12 heavy (non-hydrogen) atoms. The standard InChI is InChI=1S/C10H16O2/c1-7(2)8-3-5-9(6-4-8)10(11)12/h3,7,9H,4-6H2,1-2H3,(H,11,12). The van der Waals surface area contributed by atoms with Gasteiger partial charge in [-0.25, -0.2) is 0 Å². The zero-order valence-electron chi connectivity index (χ0n) is 7.71. The van der Waals surface area contributed by atoms with E-state index in [4.69, 9.17) is 5.11 Å². The summed E-state index contributed by atoms with van der Waals surface area (Å²) in [4.78, 5) is 10.6. The van der Waals surface area contributed by atoms with Crippen LogP contribution in [0.1, 0.15) is 33.1 Å². The topological polar surface area (TPSA) is 37.3 Å². The molecule has 0 amide bonds. The van der Waals surface area contributed by atoms with E-state index >= 15 is 0 Å². The lowest BCUT2D eigenvalue weighted by Crippen LogP contribution is -2.17. The maximum atomic E-state index is 10.6. The lowest BCUT2D eigenvalue weighted by Gasteiger charge is -2.20. The Morgan fingerprint density at radius 2 is 2.33 bits per heavy atom. The maximum absolute atomic E-state index is 10.6. The molecule has 68 valence electrons. The van der Waals surface area contributed by atoms with Gasteiger partial charge in [-0.15, -0.1) is 0 Å². The second-order valence-electron chi connectivity index (χ2n) is 3.74. The Morgan fingerprint density at radius 3 is 2.67 bits per heavy atom. The lowest BCUT2D eigenvalue weighted by atomic mass is 9.85. The van der Waals surface area contributed by atoms with Crippen molar-refractivity contribution in [1.29, 1.82) is 0 Å². The van der Waals surface area contributed by atoms with Crippen LogP contribution in [0.4, 0.5) is 0 Å². The predicted octanol–water partition coefficient (Wildman–Crippen LogP) is 2.45. The van der Waals surface area contributed by atoms with Crippen LogP contribution in [0.2, 0.25) is 0 Å². The van der Waals surface area contributed by atoms with Gasteiger partial charge in [0, 0.05) is 0 Å². The normalized spacial score (nSPS) is 23.9. The van der Waals surface area contributed by atoms with Crippen molar-refractivity contribution in [2.24, 2.45) is 11.8 Å². The molecule has 2 heteroatoms. The fraction of sp³-hybridized carbons (Fsp3) is 0.700. The van der Waals surface area contributed by atoms with E-state index in [1.165, 1.54) is 5.57 Å². The number of carboxylic acids is 1. The van der Waals surface area contributed by atoms with E-state index in [1.54, 1.807) is 0 Å². The van der Waals surface area contributed by atoms with Gasteiger partial charge >= 0.3 is 5.97 Å². The summed E-state index contributed by atoms with van der Waals surface area (Å²) in [6.07, 6.45) is 4.61. The summed E-state index contributed by atoms with van der Waals surface area (Å²) in [5.41, 5.74) is 1.42. The zero-order chi connectivity index (χ0) is 9.14. The van der Waals surface area contributed by atoms with Crippen LogP contribution in [0.5, 0.6) is 0 Å². The Balaban J connectivity index is 2.53. The van der Waals surface area contributed by atoms with E-state index in [9.17, 15) is 4.79 Å². The molecular formula is C10H16O2. The van der Waals surface area contributed by atoms with Crippen LogP contribution < -0.4 is 0 Å². The molecule has 1 aliphatic rings. The second-order valence-corrected chi connectivity index (χ2v) is 3.74. The van der Waals surface area contributed by atoms with E-state index in [0.29, 0.717) is 5.92 Å². The first kappa shape index (κ1) is 9.30. The summed E-state index contributed by atoms with van der Waals surface area (Å²) in [6, 6.07) is 0. The fourth-order valence-corrected chi connectivity index (χ4v) is 1.60. The van der Waals surface area contributed by atoms with Crippen LogP contribution in [0.25, 0.3) is 0 Å². The van der Waals surface area contributed by atoms with Crippen molar-refractivity contribution in [3.05, 3.63) is 11.6 Å². The highest BCUT2D eigenvalue weighted by molar-refractivity contribution is 5.70. The first-order chi connectivity index (χ1) is 5.61. The van der Waals surface area contributed by atoms with Gasteiger partial charge in [0.25, 0.3) is 0 Å². The van der Waals surface area contributed by atoms with Gasteiger partial charge in [0.2, 0.25) is 0 Å². The SMILES string of the molecule is CC(C)C1=CCC(C(=O)O)CC1. The van der Waals surface area contributed by atoms with Crippen LogP contribution in [-0.4, -0.2) is 11.1 Å². The highest BCUT2D eigenvalue weighted by Crippen LogP contribution is 2.27. The van der Waals surface area contributed by atoms with Gasteiger partial charge in [0.05, 0.1) is 5.92 Å². The summed E-state index contributed by atoms with van der Waals surface area (Å²) in [7, 11) is 0. The largest absolute Gasteiger partial charge is 0.481 e. The first-order valence-electron chi connectivity index (χ1n) is 4.53. The summed E-state index contributed by atoms with van der Waals surface area (Å²) in [6.45, 7) is 4.32. The first-order valence-corrected chi connectivity index (χ1v) is 4.53. The minimum absolute atomic E-state index is 0.132. The summed E-state index contributed by atoms with van der Waals surface area (Å²) in [5, 5.41) is 8.73. The third-order valence-corrected chi connectivity index (χ3v) is 2.54. The van der Waals surface area contributed by atoms with Crippen molar-refractivity contribution in [3.63, 3.8) is 0 Å². The van der Waals surface area contributed by atoms with Gasteiger partial charge in [-0.3, -0.25) is 4.79 Å². The Morgan fingerprint density at radius 1 is 1.67 bits per heavy atom. The van der Waals surface area contributed by atoms with Gasteiger partial charge in [0.15, 0.2) is 0 Å². The third kappa shape index (κ3) is 2.10. The second kappa shape index (κ2) is 3.74. The van der Waals surface area contributed by atoms with Gasteiger partial charge in [0.1, 0.15) is 0 Å². The summed E-state index contributed by atoms with van der Waals surface area (Å²) in [5.74, 6) is -0.193. The Bertz CT molecular complexity index is 204. The number of aliphatic carboxylic acids is 1. The molecule has 0 aromatic heterocycles. The molecular weight excluding hydrogens is 152 g/mol. The minimum atomic E-state index is -0.644. The Kier molecular flexibility index (Phi) is 2.90. The van der Waals surface area contributed by atoms with E-state index in [-0.39, 0.29) is 5.92 Å². The minimum Gasteiger partial charge on any atom is -0.481 e. The van der Waals surface area contributed by atoms with Crippen molar-refractivity contribution in [2.75, 3.05) is 0 Å². The van der Waals surface area contributed by atoms with Crippen LogP contribution in [-0.2, 0) is 4.79 Å². The van der Waals surface area contributed by atoms with Gasteiger partial charge in [-0.05, 0) is 25.2 Å². The monoisotopic (exact) mass is 168 g/mol. The number of allylic oxidation sites excluding steroid dienone is 2. The Labute approximate surface area is 73.3 Å². The van der Waals surface area contributed by atoms with Crippen LogP contribution in [0.15, 0.2) is 11.6 Å². The third-order valence-electron chi connectivity index (χ3n) is 2.54. The average Bonchev–Trinajstić information content (AvgIpc) is 2.04. The molecule has 2 nitrogen and oxygen atoms in total. The number of rotatable bonds is 2. The molecule has 0 saturated carbocycles. The van der Waals surface area contributed by atoms with E-state index in [2.05, 4.69) is 19.9 Å². The van der Waals surface area contributed by atoms with Gasteiger partial charge < -0.3 is 5.11 Å². The molecule has 0 saturated heterocycles. The molecule has 0 aliphatic heterocycles. The maximum Gasteiger partial charge on any atom is 0.306 e. The Hall–Kier alpha value is -0.790. The summed E-state index contributed by atoms with van der Waals surface area (Å²) >= 11 is 0. The van der Waals surface area contributed by atoms with Crippen molar-refractivity contribution in [2.45, 2.75) is 33.1 Å². The molecule has 0 radical (unpaired) electrons. The number of hydrogen-bond donors (Lipinski definition) is 1. The zero-order valence-corrected chi connectivity index (χ0v) is 7.71. The molecule has 1 unspecified atom stereocenters. The average molecular weight is 168 g/mol. The van der Waals surface area contributed by atoms with Crippen molar-refractivity contribution >= 4 is 5.97 Å². The molecule has 0 fully saturated rings. The number of carboxylic acid groups (broad SMARTS) is 1. The van der Waals surface area contributed by atoms with Gasteiger partial charge in [-0.1, -0.05) is 25.5 Å². The molecule has 0 heterocycles. The molecule has 0 aromatic rings. The smallest absolute Gasteiger partial charge is 0.306 e. The number of carbonyl (C=O) groups is 1. The van der Waals surface area contributed by atoms with E-state index in [0.717, 1.165) is 19.3 Å². The highest BCUT2D eigenvalue weighted by atomic mass is 16.4. The molecule has 1 atom stereocenters. The van der Waals surface area contributed by atoms with Crippen LogP contribution in [0, 0.1) is 11.8 Å². The van der Waals surface area contributed by atoms with E-state index < -0.39 is 5.97 Å². The molecule has 1 aliphatic carbocycles. The van der Waals surface area contributed by atoms with Crippen molar-refractivity contribution in [3.8, 4) is 0 Å². The van der Waals surface area contributed by atoms with Crippen LogP contribution in [0.3, 0.4) is 0 Å². The van der Waals surface area contributed by atoms with E-state index in [1.807, 2.05) is 0 Å². The highest BCUT2D eigenvalue weighted by Gasteiger charge is 2.21. The number of hydrogen-bond acceptors (Lipinski definition) is 1. The molecule has 0 spiro atoms. The predicted molar refractivity (Wildman–Crippen MR) is 47.9 cm³/mol. The fourth-order valence-electron chi connectivity index (χ4n) is 1.60. The molecule has 1 rings (SSSR count). The molecule has 0 bridgehead atoms. The van der Waals surface area contributed by atoms with Crippen LogP contribution >= 0.6 is 0 Å². The molecule has 1 N–H and O–H groups in total. The quantitative estimate of drug-likeness (QED) is 0.643. The van der Waals surface area contributed by atoms with Gasteiger partial charge in [-0.2, -0.15) is 0 Å².